The Labute approximate surface area is 150 Å². The van der Waals surface area contributed by atoms with Crippen LogP contribution in [0.1, 0.15) is 18.5 Å². The topological polar surface area (TPSA) is 86.4 Å². The van der Waals surface area contributed by atoms with Gasteiger partial charge in [0.1, 0.15) is 17.5 Å². The summed E-state index contributed by atoms with van der Waals surface area (Å²) >= 11 is 0. The van der Waals surface area contributed by atoms with Crippen molar-refractivity contribution in [3.63, 3.8) is 0 Å². The van der Waals surface area contributed by atoms with Gasteiger partial charge in [0.15, 0.2) is 5.76 Å². The first-order valence-corrected chi connectivity index (χ1v) is 8.13. The molecule has 0 saturated carbocycles. The second-order valence-corrected chi connectivity index (χ2v) is 5.72. The summed E-state index contributed by atoms with van der Waals surface area (Å²) in [5.41, 5.74) is 1.06. The molecule has 2 aromatic heterocycles. The molecule has 0 bridgehead atoms. The molecule has 7 nitrogen and oxygen atoms in total. The fourth-order valence-electron chi connectivity index (χ4n) is 2.45. The average molecular weight is 353 g/mol. The molecule has 7 heteroatoms. The highest BCUT2D eigenvalue weighted by Crippen LogP contribution is 2.16. The Hall–Kier alpha value is -3.35. The van der Waals surface area contributed by atoms with Crippen molar-refractivity contribution in [3.05, 3.63) is 70.7 Å². The summed E-state index contributed by atoms with van der Waals surface area (Å²) in [5, 5.41) is 7.06. The Kier molecular flexibility index (Phi) is 5.17. The largest absolute Gasteiger partial charge is 0.497 e. The van der Waals surface area contributed by atoms with E-state index in [0.717, 1.165) is 16.0 Å². The lowest BCUT2D eigenvalue weighted by atomic mass is 10.2. The molecule has 1 amide bonds. The molecule has 1 atom stereocenters. The summed E-state index contributed by atoms with van der Waals surface area (Å²) in [7, 11) is 1.60. The van der Waals surface area contributed by atoms with Crippen LogP contribution in [0, 0.1) is 0 Å². The minimum Gasteiger partial charge on any atom is -0.497 e. The Balaban J connectivity index is 1.71. The third-order valence-corrected chi connectivity index (χ3v) is 3.97. The van der Waals surface area contributed by atoms with Crippen LogP contribution in [0.25, 0.3) is 11.5 Å². The van der Waals surface area contributed by atoms with Crippen LogP contribution in [0.15, 0.2) is 64.0 Å². The third-order valence-electron chi connectivity index (χ3n) is 3.97. The number of furan rings is 1. The van der Waals surface area contributed by atoms with Gasteiger partial charge in [0.05, 0.1) is 13.4 Å². The Bertz CT molecular complexity index is 930. The third kappa shape index (κ3) is 3.83. The second-order valence-electron chi connectivity index (χ2n) is 5.72. The van der Waals surface area contributed by atoms with Gasteiger partial charge in [0.2, 0.25) is 5.91 Å². The molecule has 134 valence electrons. The molecule has 2 heterocycles. The summed E-state index contributed by atoms with van der Waals surface area (Å²) in [6, 6.07) is 13.0. The van der Waals surface area contributed by atoms with Crippen molar-refractivity contribution in [1.29, 1.82) is 0 Å². The summed E-state index contributed by atoms with van der Waals surface area (Å²) in [5.74, 6) is 0.982. The molecule has 1 aromatic carbocycles. The van der Waals surface area contributed by atoms with E-state index in [0.29, 0.717) is 18.0 Å². The number of nitrogens with zero attached hydrogens (tertiary/aromatic N) is 2. The van der Waals surface area contributed by atoms with Gasteiger partial charge in [-0.2, -0.15) is 5.10 Å². The van der Waals surface area contributed by atoms with Crippen LogP contribution >= 0.6 is 0 Å². The number of rotatable bonds is 6. The van der Waals surface area contributed by atoms with Gasteiger partial charge in [-0.1, -0.05) is 12.1 Å². The number of amides is 1. The predicted molar refractivity (Wildman–Crippen MR) is 95.8 cm³/mol. The van der Waals surface area contributed by atoms with Crippen LogP contribution in [0.5, 0.6) is 5.75 Å². The second kappa shape index (κ2) is 7.69. The van der Waals surface area contributed by atoms with E-state index in [-0.39, 0.29) is 11.5 Å². The minimum atomic E-state index is -0.754. The van der Waals surface area contributed by atoms with Gasteiger partial charge in [-0.05, 0) is 42.8 Å². The first-order valence-electron chi connectivity index (χ1n) is 8.13. The minimum absolute atomic E-state index is 0.299. The molecule has 0 saturated heterocycles. The lowest BCUT2D eigenvalue weighted by Gasteiger charge is -2.14. The Morgan fingerprint density at radius 1 is 1.23 bits per heavy atom. The van der Waals surface area contributed by atoms with Crippen LogP contribution in [0.4, 0.5) is 0 Å². The monoisotopic (exact) mass is 353 g/mol. The van der Waals surface area contributed by atoms with Gasteiger partial charge >= 0.3 is 0 Å². The van der Waals surface area contributed by atoms with Gasteiger partial charge < -0.3 is 14.5 Å². The van der Waals surface area contributed by atoms with E-state index in [1.807, 2.05) is 24.3 Å². The maximum absolute atomic E-state index is 12.4. The smallest absolute Gasteiger partial charge is 0.267 e. The number of hydrogen-bond donors (Lipinski definition) is 1. The van der Waals surface area contributed by atoms with Crippen molar-refractivity contribution in [2.75, 3.05) is 7.11 Å². The number of nitrogens with one attached hydrogen (secondary N) is 1. The van der Waals surface area contributed by atoms with Gasteiger partial charge in [-0.15, -0.1) is 0 Å². The number of carbonyl (C=O) groups excluding carboxylic acids is 1. The molecule has 0 spiro atoms. The molecule has 3 rings (SSSR count). The highest BCUT2D eigenvalue weighted by atomic mass is 16.5. The van der Waals surface area contributed by atoms with Gasteiger partial charge in [0.25, 0.3) is 5.56 Å². The standard InChI is InChI=1S/C19H19N3O4/c1-13(19(24)20-12-14-5-7-15(25-2)8-6-14)22-18(23)10-9-16(21-22)17-4-3-11-26-17/h3-11,13H,12H2,1-2H3,(H,20,24). The van der Waals surface area contributed by atoms with Crippen LogP contribution < -0.4 is 15.6 Å². The summed E-state index contributed by atoms with van der Waals surface area (Å²) in [4.78, 5) is 24.5. The summed E-state index contributed by atoms with van der Waals surface area (Å²) in [6.45, 7) is 1.98. The van der Waals surface area contributed by atoms with Gasteiger partial charge in [-0.3, -0.25) is 9.59 Å². The zero-order chi connectivity index (χ0) is 18.5. The van der Waals surface area contributed by atoms with Crippen molar-refractivity contribution in [2.24, 2.45) is 0 Å². The number of ether oxygens (including phenoxy) is 1. The van der Waals surface area contributed by atoms with Crippen molar-refractivity contribution in [3.8, 4) is 17.2 Å². The average Bonchev–Trinajstić information content (AvgIpc) is 3.21. The quantitative estimate of drug-likeness (QED) is 0.735. The van der Waals surface area contributed by atoms with Crippen molar-refractivity contribution < 1.29 is 13.9 Å². The maximum Gasteiger partial charge on any atom is 0.267 e. The van der Waals surface area contributed by atoms with Gasteiger partial charge in [-0.25, -0.2) is 4.68 Å². The molecular formula is C19H19N3O4. The van der Waals surface area contributed by atoms with Crippen LogP contribution in [0.3, 0.4) is 0 Å². The molecule has 26 heavy (non-hydrogen) atoms. The molecule has 0 radical (unpaired) electrons. The van der Waals surface area contributed by atoms with E-state index in [1.165, 1.54) is 12.3 Å². The van der Waals surface area contributed by atoms with Crippen LogP contribution in [-0.4, -0.2) is 22.8 Å². The zero-order valence-electron chi connectivity index (χ0n) is 14.5. The number of hydrogen-bond acceptors (Lipinski definition) is 5. The van der Waals surface area contributed by atoms with E-state index in [9.17, 15) is 9.59 Å². The van der Waals surface area contributed by atoms with E-state index < -0.39 is 6.04 Å². The lowest BCUT2D eigenvalue weighted by Crippen LogP contribution is -2.36. The highest BCUT2D eigenvalue weighted by molar-refractivity contribution is 5.79. The lowest BCUT2D eigenvalue weighted by molar-refractivity contribution is -0.124. The fraction of sp³-hybridized carbons (Fsp3) is 0.211. The fourth-order valence-corrected chi connectivity index (χ4v) is 2.45. The predicted octanol–water partition coefficient (Wildman–Crippen LogP) is 2.39. The highest BCUT2D eigenvalue weighted by Gasteiger charge is 2.18. The number of methoxy groups -OCH3 is 1. The zero-order valence-corrected chi connectivity index (χ0v) is 14.5. The normalized spacial score (nSPS) is 11.8. The van der Waals surface area contributed by atoms with Crippen LogP contribution in [-0.2, 0) is 11.3 Å². The Morgan fingerprint density at radius 3 is 2.65 bits per heavy atom. The molecule has 3 aromatic rings. The van der Waals surface area contributed by atoms with Gasteiger partial charge in [0, 0.05) is 12.6 Å². The molecule has 0 aliphatic heterocycles. The molecular weight excluding hydrogens is 334 g/mol. The maximum atomic E-state index is 12.4. The Morgan fingerprint density at radius 2 is 2.00 bits per heavy atom. The SMILES string of the molecule is COc1ccc(CNC(=O)C(C)n2nc(-c3ccco3)ccc2=O)cc1. The molecule has 1 N–H and O–H groups in total. The van der Waals surface area contributed by atoms with E-state index in [4.69, 9.17) is 9.15 Å². The first kappa shape index (κ1) is 17.5. The van der Waals surface area contributed by atoms with Crippen molar-refractivity contribution in [2.45, 2.75) is 19.5 Å². The van der Waals surface area contributed by atoms with Crippen molar-refractivity contribution in [1.82, 2.24) is 15.1 Å². The molecule has 0 aliphatic rings. The van der Waals surface area contributed by atoms with E-state index in [1.54, 1.807) is 32.2 Å². The number of aromatic nitrogens is 2. The number of benzene rings is 1. The van der Waals surface area contributed by atoms with Crippen molar-refractivity contribution >= 4 is 5.91 Å². The summed E-state index contributed by atoms with van der Waals surface area (Å²) in [6.07, 6.45) is 1.53. The van der Waals surface area contributed by atoms with E-state index in [2.05, 4.69) is 10.4 Å². The number of carbonyl (C=O) groups is 1. The molecule has 0 fully saturated rings. The van der Waals surface area contributed by atoms with Crippen LogP contribution in [0.2, 0.25) is 0 Å². The molecule has 0 aliphatic carbocycles. The molecule has 1 unspecified atom stereocenters. The first-order chi connectivity index (χ1) is 12.6. The van der Waals surface area contributed by atoms with E-state index >= 15 is 0 Å². The summed E-state index contributed by atoms with van der Waals surface area (Å²) < 4.78 is 11.5.